The zero-order valence-electron chi connectivity index (χ0n) is 15.4. The Bertz CT molecular complexity index is 1080. The minimum atomic E-state index is -0.535. The minimum Gasteiger partial charge on any atom is -0.308 e. The first-order valence-corrected chi connectivity index (χ1v) is 9.95. The summed E-state index contributed by atoms with van der Waals surface area (Å²) < 4.78 is 0.589. The van der Waals surface area contributed by atoms with Crippen LogP contribution in [0.5, 0.6) is 0 Å². The molecule has 28 heavy (non-hydrogen) atoms. The van der Waals surface area contributed by atoms with Gasteiger partial charge >= 0.3 is 0 Å². The molecule has 1 fully saturated rings. The van der Waals surface area contributed by atoms with Crippen molar-refractivity contribution >= 4 is 33.4 Å². The lowest BCUT2D eigenvalue weighted by atomic mass is 10.1. The summed E-state index contributed by atoms with van der Waals surface area (Å²) in [5.41, 5.74) is 1.56. The summed E-state index contributed by atoms with van der Waals surface area (Å²) in [6, 6.07) is 11.1. The second-order valence-electron chi connectivity index (χ2n) is 6.90. The molecule has 1 aliphatic rings. The molecule has 7 nitrogen and oxygen atoms in total. The Morgan fingerprint density at radius 1 is 1.21 bits per heavy atom. The Balaban J connectivity index is 1.44. The number of benzene rings is 1. The van der Waals surface area contributed by atoms with Crippen molar-refractivity contribution in [3.05, 3.63) is 63.5 Å². The fraction of sp³-hybridized carbons (Fsp3) is 0.300. The number of hydrogen-bond acceptors (Lipinski definition) is 6. The fourth-order valence-corrected chi connectivity index (χ4v) is 4.20. The molecule has 1 saturated heterocycles. The van der Waals surface area contributed by atoms with Gasteiger partial charge in [-0.3, -0.25) is 24.2 Å². The van der Waals surface area contributed by atoms with Crippen LogP contribution in [-0.4, -0.2) is 51.2 Å². The number of H-pyrrole nitrogens is 1. The molecular formula is C20H20N4O3S. The van der Waals surface area contributed by atoms with E-state index >= 15 is 0 Å². The topological polar surface area (TPSA) is 86.4 Å². The number of fused-ring (bicyclic) bond motifs is 1. The van der Waals surface area contributed by atoms with Crippen LogP contribution >= 0.6 is 11.3 Å². The van der Waals surface area contributed by atoms with Gasteiger partial charge in [0.25, 0.3) is 5.56 Å². The van der Waals surface area contributed by atoms with Gasteiger partial charge in [-0.1, -0.05) is 30.3 Å². The van der Waals surface area contributed by atoms with Gasteiger partial charge in [0.1, 0.15) is 10.5 Å². The van der Waals surface area contributed by atoms with E-state index in [-0.39, 0.29) is 30.3 Å². The summed E-state index contributed by atoms with van der Waals surface area (Å²) in [5.74, 6) is 0.135. The zero-order chi connectivity index (χ0) is 19.7. The number of amides is 2. The predicted octanol–water partition coefficient (Wildman–Crippen LogP) is 1.79. The molecule has 1 aliphatic heterocycles. The van der Waals surface area contributed by atoms with Gasteiger partial charge in [0.2, 0.25) is 11.8 Å². The van der Waals surface area contributed by atoms with E-state index in [1.807, 2.05) is 35.7 Å². The lowest BCUT2D eigenvalue weighted by molar-refractivity contribution is -0.139. The second-order valence-corrected chi connectivity index (χ2v) is 7.82. The third kappa shape index (κ3) is 3.61. The van der Waals surface area contributed by atoms with E-state index in [0.717, 1.165) is 5.56 Å². The van der Waals surface area contributed by atoms with Crippen molar-refractivity contribution in [2.75, 3.05) is 13.6 Å². The summed E-state index contributed by atoms with van der Waals surface area (Å²) in [4.78, 5) is 47.6. The third-order valence-corrected chi connectivity index (χ3v) is 5.88. The van der Waals surface area contributed by atoms with Gasteiger partial charge in [-0.05, 0) is 30.5 Å². The van der Waals surface area contributed by atoms with Crippen molar-refractivity contribution in [1.29, 1.82) is 0 Å². The molecule has 4 rings (SSSR count). The maximum Gasteiger partial charge on any atom is 0.268 e. The lowest BCUT2D eigenvalue weighted by Gasteiger charge is -2.22. The Kier molecular flexibility index (Phi) is 5.06. The van der Waals surface area contributed by atoms with Crippen LogP contribution in [0.3, 0.4) is 0 Å². The van der Waals surface area contributed by atoms with E-state index in [9.17, 15) is 14.4 Å². The molecule has 3 heterocycles. The average molecular weight is 396 g/mol. The van der Waals surface area contributed by atoms with Crippen molar-refractivity contribution < 1.29 is 9.59 Å². The largest absolute Gasteiger partial charge is 0.308 e. The standard InChI is InChI=1S/C20H20N4O3S/c1-23(12-16-21-14-8-10-28-18(14)19(26)22-16)15-11-17(25)24(20(15)27)9-7-13-5-3-2-4-6-13/h2-6,8,10,15H,7,9,11-12H2,1H3,(H,21,22,26). The van der Waals surface area contributed by atoms with Crippen LogP contribution in [0.15, 0.2) is 46.6 Å². The van der Waals surface area contributed by atoms with Crippen molar-refractivity contribution in [3.8, 4) is 0 Å². The van der Waals surface area contributed by atoms with Crippen LogP contribution in [0.25, 0.3) is 10.2 Å². The second kappa shape index (κ2) is 7.65. The number of aromatic amines is 1. The quantitative estimate of drug-likeness (QED) is 0.642. The van der Waals surface area contributed by atoms with Gasteiger partial charge in [0.05, 0.1) is 24.5 Å². The Morgan fingerprint density at radius 2 is 2.00 bits per heavy atom. The highest BCUT2D eigenvalue weighted by molar-refractivity contribution is 7.17. The Labute approximate surface area is 165 Å². The summed E-state index contributed by atoms with van der Waals surface area (Å²) >= 11 is 1.35. The van der Waals surface area contributed by atoms with Crippen LogP contribution in [0.2, 0.25) is 0 Å². The molecule has 144 valence electrons. The van der Waals surface area contributed by atoms with Gasteiger partial charge < -0.3 is 4.98 Å². The van der Waals surface area contributed by atoms with Crippen LogP contribution in [-0.2, 0) is 22.6 Å². The lowest BCUT2D eigenvalue weighted by Crippen LogP contribution is -2.40. The van der Waals surface area contributed by atoms with E-state index in [2.05, 4.69) is 9.97 Å². The number of rotatable bonds is 6. The summed E-state index contributed by atoms with van der Waals surface area (Å²) in [5, 5.41) is 1.82. The number of nitrogens with one attached hydrogen (secondary N) is 1. The van der Waals surface area contributed by atoms with Crippen LogP contribution in [0, 0.1) is 0 Å². The molecule has 2 aromatic heterocycles. The van der Waals surface area contributed by atoms with Gasteiger partial charge in [0.15, 0.2) is 0 Å². The number of imide groups is 1. The molecule has 8 heteroatoms. The fourth-order valence-electron chi connectivity index (χ4n) is 3.47. The number of carbonyl (C=O) groups is 2. The predicted molar refractivity (Wildman–Crippen MR) is 107 cm³/mol. The number of likely N-dealkylation sites (N-methyl/N-ethyl adjacent to an activating group) is 1. The highest BCUT2D eigenvalue weighted by atomic mass is 32.1. The number of hydrogen-bond donors (Lipinski definition) is 1. The first-order valence-electron chi connectivity index (χ1n) is 9.07. The van der Waals surface area contributed by atoms with Crippen molar-refractivity contribution in [2.24, 2.45) is 0 Å². The van der Waals surface area contributed by atoms with Crippen LogP contribution in [0.1, 0.15) is 17.8 Å². The smallest absolute Gasteiger partial charge is 0.268 e. The molecule has 2 amide bonds. The third-order valence-electron chi connectivity index (χ3n) is 4.98. The number of thiophene rings is 1. The highest BCUT2D eigenvalue weighted by Gasteiger charge is 2.40. The SMILES string of the molecule is CN(Cc1nc2ccsc2c(=O)[nH]1)C1CC(=O)N(CCc2ccccc2)C1=O. The molecule has 3 aromatic rings. The van der Waals surface area contributed by atoms with Gasteiger partial charge in [0, 0.05) is 6.54 Å². The van der Waals surface area contributed by atoms with Crippen molar-refractivity contribution in [1.82, 2.24) is 19.8 Å². The molecule has 0 saturated carbocycles. The molecule has 0 aliphatic carbocycles. The number of aromatic nitrogens is 2. The number of carbonyl (C=O) groups excluding carboxylic acids is 2. The monoisotopic (exact) mass is 396 g/mol. The molecule has 1 atom stereocenters. The van der Waals surface area contributed by atoms with Crippen LogP contribution < -0.4 is 5.56 Å². The molecular weight excluding hydrogens is 376 g/mol. The maximum absolute atomic E-state index is 12.8. The Hall–Kier alpha value is -2.84. The van der Waals surface area contributed by atoms with E-state index < -0.39 is 6.04 Å². The van der Waals surface area contributed by atoms with Gasteiger partial charge in [-0.25, -0.2) is 4.98 Å². The van der Waals surface area contributed by atoms with Gasteiger partial charge in [-0.15, -0.1) is 11.3 Å². The highest BCUT2D eigenvalue weighted by Crippen LogP contribution is 2.20. The first kappa shape index (κ1) is 18.5. The summed E-state index contributed by atoms with van der Waals surface area (Å²) in [7, 11) is 1.77. The molecule has 1 aromatic carbocycles. The maximum atomic E-state index is 12.8. The van der Waals surface area contributed by atoms with Gasteiger partial charge in [-0.2, -0.15) is 0 Å². The van der Waals surface area contributed by atoms with Crippen molar-refractivity contribution in [2.45, 2.75) is 25.4 Å². The van der Waals surface area contributed by atoms with Crippen LogP contribution in [0.4, 0.5) is 0 Å². The molecule has 1 unspecified atom stereocenters. The average Bonchev–Trinajstić information content (AvgIpc) is 3.26. The normalized spacial score (nSPS) is 17.2. The molecule has 0 bridgehead atoms. The summed E-state index contributed by atoms with van der Waals surface area (Å²) in [6.07, 6.45) is 0.785. The van der Waals surface area contributed by atoms with Crippen molar-refractivity contribution in [3.63, 3.8) is 0 Å². The molecule has 0 spiro atoms. The van der Waals surface area contributed by atoms with E-state index in [1.54, 1.807) is 18.0 Å². The molecule has 0 radical (unpaired) electrons. The molecule has 1 N–H and O–H groups in total. The van der Waals surface area contributed by atoms with E-state index in [1.165, 1.54) is 16.2 Å². The Morgan fingerprint density at radius 3 is 2.79 bits per heavy atom. The van der Waals surface area contributed by atoms with E-state index in [4.69, 9.17) is 0 Å². The number of nitrogens with zero attached hydrogens (tertiary/aromatic N) is 3. The summed E-state index contributed by atoms with van der Waals surface area (Å²) in [6.45, 7) is 0.666. The van der Waals surface area contributed by atoms with E-state index in [0.29, 0.717) is 29.0 Å². The first-order chi connectivity index (χ1) is 13.5. The number of likely N-dealkylation sites (tertiary alicyclic amines) is 1. The zero-order valence-corrected chi connectivity index (χ0v) is 16.2. The minimum absolute atomic E-state index is 0.148.